The molecular weight excluding hydrogens is 620 g/mol. The van der Waals surface area contributed by atoms with Gasteiger partial charge in [0, 0.05) is 34.2 Å². The van der Waals surface area contributed by atoms with Crippen LogP contribution in [0.15, 0.2) is 85.6 Å². The molecule has 0 N–H and O–H groups in total. The standard InChI is InChI=1S/C27H20Br2N4O5/c1-16(2)26-31-23-6-4-3-5-21(23)27(35)32(26)30-15-18-13-19(28)14-22(29)25(18)38-24(34)12-9-17-7-10-20(11-8-17)33(36)37/h3-16H,1-2H3/b12-9+,30-15?. The van der Waals surface area contributed by atoms with E-state index >= 15 is 0 Å². The molecule has 3 aromatic carbocycles. The van der Waals surface area contributed by atoms with Crippen LogP contribution in [0.4, 0.5) is 5.69 Å². The third-order valence-electron chi connectivity index (χ3n) is 5.36. The molecule has 0 saturated carbocycles. The van der Waals surface area contributed by atoms with Gasteiger partial charge in [-0.3, -0.25) is 14.9 Å². The molecule has 0 spiro atoms. The molecule has 0 bridgehead atoms. The molecule has 0 fully saturated rings. The molecule has 0 radical (unpaired) electrons. The molecular formula is C27H20Br2N4O5. The first-order valence-electron chi connectivity index (χ1n) is 11.3. The molecule has 9 nitrogen and oxygen atoms in total. The summed E-state index contributed by atoms with van der Waals surface area (Å²) in [6.07, 6.45) is 4.13. The summed E-state index contributed by atoms with van der Waals surface area (Å²) < 4.78 is 8.02. The Labute approximate surface area is 233 Å². The smallest absolute Gasteiger partial charge is 0.336 e. The van der Waals surface area contributed by atoms with Gasteiger partial charge in [-0.1, -0.05) is 41.9 Å². The van der Waals surface area contributed by atoms with Crippen LogP contribution in [0.5, 0.6) is 5.75 Å². The second kappa shape index (κ2) is 11.6. The molecule has 0 aliphatic rings. The lowest BCUT2D eigenvalue weighted by Crippen LogP contribution is -2.23. The third-order valence-corrected chi connectivity index (χ3v) is 6.41. The average Bonchev–Trinajstić information content (AvgIpc) is 2.88. The van der Waals surface area contributed by atoms with E-state index in [0.717, 1.165) is 0 Å². The van der Waals surface area contributed by atoms with Crippen molar-refractivity contribution in [2.45, 2.75) is 19.8 Å². The van der Waals surface area contributed by atoms with Crippen molar-refractivity contribution >= 4 is 66.7 Å². The number of benzene rings is 3. The number of hydrogen-bond donors (Lipinski definition) is 0. The van der Waals surface area contributed by atoms with Gasteiger partial charge in [0.05, 0.1) is 26.5 Å². The molecule has 0 aliphatic carbocycles. The maximum atomic E-state index is 13.2. The Kier molecular flexibility index (Phi) is 8.28. The van der Waals surface area contributed by atoms with E-state index < -0.39 is 10.9 Å². The Hall–Kier alpha value is -3.96. The predicted octanol–water partition coefficient (Wildman–Crippen LogP) is 6.45. The van der Waals surface area contributed by atoms with Crippen LogP contribution in [-0.2, 0) is 4.79 Å². The minimum Gasteiger partial charge on any atom is -0.421 e. The fourth-order valence-electron chi connectivity index (χ4n) is 3.54. The highest BCUT2D eigenvalue weighted by molar-refractivity contribution is 9.11. The van der Waals surface area contributed by atoms with Crippen LogP contribution in [0.25, 0.3) is 17.0 Å². The number of nitro groups is 1. The van der Waals surface area contributed by atoms with Crippen molar-refractivity contribution in [2.24, 2.45) is 5.10 Å². The summed E-state index contributed by atoms with van der Waals surface area (Å²) in [5, 5.41) is 15.7. The highest BCUT2D eigenvalue weighted by Crippen LogP contribution is 2.32. The van der Waals surface area contributed by atoms with E-state index in [-0.39, 0.29) is 22.9 Å². The number of carbonyl (C=O) groups is 1. The number of fused-ring (bicyclic) bond motifs is 1. The third kappa shape index (κ3) is 6.12. The molecule has 11 heteroatoms. The Morgan fingerprint density at radius 1 is 1.13 bits per heavy atom. The van der Waals surface area contributed by atoms with Crippen molar-refractivity contribution in [1.29, 1.82) is 0 Å². The van der Waals surface area contributed by atoms with Gasteiger partial charge in [-0.15, -0.1) is 0 Å². The zero-order chi connectivity index (χ0) is 27.4. The van der Waals surface area contributed by atoms with Crippen LogP contribution in [0.3, 0.4) is 0 Å². The molecule has 4 aromatic rings. The molecule has 0 aliphatic heterocycles. The van der Waals surface area contributed by atoms with Gasteiger partial charge < -0.3 is 4.74 Å². The van der Waals surface area contributed by atoms with Gasteiger partial charge in [-0.05, 0) is 64.0 Å². The monoisotopic (exact) mass is 638 g/mol. The Morgan fingerprint density at radius 2 is 1.84 bits per heavy atom. The van der Waals surface area contributed by atoms with Gasteiger partial charge in [0.25, 0.3) is 11.2 Å². The summed E-state index contributed by atoms with van der Waals surface area (Å²) in [5.74, 6) is -0.0687. The van der Waals surface area contributed by atoms with Gasteiger partial charge in [0.15, 0.2) is 5.75 Å². The van der Waals surface area contributed by atoms with Crippen molar-refractivity contribution in [1.82, 2.24) is 9.66 Å². The van der Waals surface area contributed by atoms with E-state index in [9.17, 15) is 19.7 Å². The second-order valence-electron chi connectivity index (χ2n) is 8.41. The Bertz CT molecular complexity index is 1660. The molecule has 0 atom stereocenters. The van der Waals surface area contributed by atoms with E-state index in [2.05, 4.69) is 41.9 Å². The quantitative estimate of drug-likeness (QED) is 0.0573. The van der Waals surface area contributed by atoms with Gasteiger partial charge in [-0.25, -0.2) is 9.78 Å². The van der Waals surface area contributed by atoms with E-state index in [0.29, 0.717) is 36.8 Å². The molecule has 1 heterocycles. The van der Waals surface area contributed by atoms with E-state index in [4.69, 9.17) is 4.74 Å². The predicted molar refractivity (Wildman–Crippen MR) is 153 cm³/mol. The lowest BCUT2D eigenvalue weighted by atomic mass is 10.2. The lowest BCUT2D eigenvalue weighted by Gasteiger charge is -2.12. The van der Waals surface area contributed by atoms with Crippen LogP contribution in [0, 0.1) is 10.1 Å². The summed E-state index contributed by atoms with van der Waals surface area (Å²) in [6.45, 7) is 3.84. The van der Waals surface area contributed by atoms with Crippen LogP contribution in [0.2, 0.25) is 0 Å². The normalized spacial score (nSPS) is 11.6. The van der Waals surface area contributed by atoms with Crippen LogP contribution < -0.4 is 10.3 Å². The van der Waals surface area contributed by atoms with Gasteiger partial charge in [-0.2, -0.15) is 9.78 Å². The van der Waals surface area contributed by atoms with Crippen molar-refractivity contribution in [3.05, 3.63) is 113 Å². The summed E-state index contributed by atoms with van der Waals surface area (Å²) in [7, 11) is 0. The number of non-ortho nitro benzene ring substituents is 1. The lowest BCUT2D eigenvalue weighted by molar-refractivity contribution is -0.384. The highest BCUT2D eigenvalue weighted by atomic mass is 79.9. The fraction of sp³-hybridized carbons (Fsp3) is 0.111. The molecule has 38 heavy (non-hydrogen) atoms. The number of carbonyl (C=O) groups excluding carboxylic acids is 1. The SMILES string of the molecule is CC(C)c1nc2ccccc2c(=O)n1N=Cc1cc(Br)cc(Br)c1OC(=O)/C=C/c1ccc([N+](=O)[O-])cc1. The fourth-order valence-corrected chi connectivity index (χ4v) is 4.88. The molecule has 4 rings (SSSR count). The van der Waals surface area contributed by atoms with E-state index in [1.165, 1.54) is 47.3 Å². The minimum absolute atomic E-state index is 0.0474. The molecule has 1 aromatic heterocycles. The Morgan fingerprint density at radius 3 is 2.53 bits per heavy atom. The van der Waals surface area contributed by atoms with E-state index in [1.807, 2.05) is 19.9 Å². The molecule has 0 saturated heterocycles. The average molecular weight is 640 g/mol. The number of rotatable bonds is 7. The first-order valence-corrected chi connectivity index (χ1v) is 12.9. The number of aromatic nitrogens is 2. The number of nitrogens with zero attached hydrogens (tertiary/aromatic N) is 4. The maximum Gasteiger partial charge on any atom is 0.336 e. The van der Waals surface area contributed by atoms with Gasteiger partial charge in [0.2, 0.25) is 0 Å². The van der Waals surface area contributed by atoms with Crippen molar-refractivity contribution in [2.75, 3.05) is 0 Å². The summed E-state index contributed by atoms with van der Waals surface area (Å²) in [6, 6.07) is 16.2. The summed E-state index contributed by atoms with van der Waals surface area (Å²) >= 11 is 6.84. The van der Waals surface area contributed by atoms with Gasteiger partial charge >= 0.3 is 5.97 Å². The maximum absolute atomic E-state index is 13.2. The van der Waals surface area contributed by atoms with E-state index in [1.54, 1.807) is 30.3 Å². The number of hydrogen-bond acceptors (Lipinski definition) is 7. The topological polar surface area (TPSA) is 117 Å². The van der Waals surface area contributed by atoms with Crippen molar-refractivity contribution < 1.29 is 14.5 Å². The number of nitro benzene ring substituents is 1. The molecule has 0 unspecified atom stereocenters. The summed E-state index contributed by atoms with van der Waals surface area (Å²) in [4.78, 5) is 40.8. The first-order chi connectivity index (χ1) is 18.1. The van der Waals surface area contributed by atoms with Gasteiger partial charge in [0.1, 0.15) is 5.82 Å². The zero-order valence-corrected chi connectivity index (χ0v) is 23.3. The van der Waals surface area contributed by atoms with Crippen molar-refractivity contribution in [3.8, 4) is 5.75 Å². The number of para-hydroxylation sites is 1. The van der Waals surface area contributed by atoms with Crippen LogP contribution in [0.1, 0.15) is 36.7 Å². The molecule has 0 amide bonds. The molecule has 192 valence electrons. The number of esters is 1. The van der Waals surface area contributed by atoms with Crippen LogP contribution >= 0.6 is 31.9 Å². The summed E-state index contributed by atoms with van der Waals surface area (Å²) in [5.41, 5.74) is 1.25. The Balaban J connectivity index is 1.66. The minimum atomic E-state index is -0.673. The second-order valence-corrected chi connectivity index (χ2v) is 10.2. The largest absolute Gasteiger partial charge is 0.421 e. The zero-order valence-electron chi connectivity index (χ0n) is 20.2. The number of halogens is 2. The highest BCUT2D eigenvalue weighted by Gasteiger charge is 2.15. The first kappa shape index (κ1) is 27.1. The van der Waals surface area contributed by atoms with Crippen molar-refractivity contribution in [3.63, 3.8) is 0 Å². The number of ether oxygens (including phenoxy) is 1. The van der Waals surface area contributed by atoms with Crippen LogP contribution in [-0.4, -0.2) is 26.8 Å².